The number of halogens is 2. The van der Waals surface area contributed by atoms with Gasteiger partial charge in [-0.25, -0.2) is 4.98 Å². The number of nitrogens with two attached hydrogens (primary N) is 1. The Morgan fingerprint density at radius 2 is 1.74 bits per heavy atom. The van der Waals surface area contributed by atoms with Crippen molar-refractivity contribution in [2.75, 3.05) is 0 Å². The van der Waals surface area contributed by atoms with Crippen LogP contribution in [0.4, 0.5) is 0 Å². The highest BCUT2D eigenvalue weighted by molar-refractivity contribution is 9.10. The van der Waals surface area contributed by atoms with E-state index >= 15 is 0 Å². The van der Waals surface area contributed by atoms with Gasteiger partial charge in [-0.2, -0.15) is 0 Å². The molecule has 0 atom stereocenters. The average Bonchev–Trinajstić information content (AvgIpc) is 2.98. The first-order valence-electron chi connectivity index (χ1n) is 7.37. The van der Waals surface area contributed by atoms with E-state index in [1.807, 2.05) is 30.6 Å². The Kier molecular flexibility index (Phi) is 5.16. The second-order valence-corrected chi connectivity index (χ2v) is 6.68. The molecule has 0 fully saturated rings. The molecule has 1 aromatic heterocycles. The van der Waals surface area contributed by atoms with E-state index in [0.29, 0.717) is 6.54 Å². The van der Waals surface area contributed by atoms with Gasteiger partial charge in [-0.05, 0) is 44.8 Å². The monoisotopic (exact) mass is 389 g/mol. The van der Waals surface area contributed by atoms with Gasteiger partial charge in [0.25, 0.3) is 0 Å². The van der Waals surface area contributed by atoms with Crippen LogP contribution >= 0.6 is 27.5 Å². The minimum absolute atomic E-state index is 0.571. The lowest BCUT2D eigenvalue weighted by Gasteiger charge is -2.09. The summed E-state index contributed by atoms with van der Waals surface area (Å²) in [6, 6.07) is 14.3. The topological polar surface area (TPSA) is 43.8 Å². The molecule has 0 aliphatic carbocycles. The summed E-state index contributed by atoms with van der Waals surface area (Å²) in [7, 11) is 0. The van der Waals surface area contributed by atoms with E-state index < -0.39 is 0 Å². The number of hydrogen-bond acceptors (Lipinski definition) is 2. The fourth-order valence-electron chi connectivity index (χ4n) is 2.46. The first-order valence-corrected chi connectivity index (χ1v) is 8.54. The Morgan fingerprint density at radius 1 is 1.04 bits per heavy atom. The number of benzene rings is 2. The highest BCUT2D eigenvalue weighted by Gasteiger charge is 2.07. The van der Waals surface area contributed by atoms with Gasteiger partial charge in [-0.3, -0.25) is 0 Å². The van der Waals surface area contributed by atoms with Gasteiger partial charge in [0.15, 0.2) is 0 Å². The molecule has 1 heterocycles. The molecule has 23 heavy (non-hydrogen) atoms. The molecule has 3 rings (SSSR count). The molecule has 0 spiro atoms. The summed E-state index contributed by atoms with van der Waals surface area (Å²) in [6.45, 7) is 1.37. The molecule has 0 aliphatic rings. The second kappa shape index (κ2) is 7.30. The zero-order valence-electron chi connectivity index (χ0n) is 12.5. The summed E-state index contributed by atoms with van der Waals surface area (Å²) in [6.07, 6.45) is 4.62. The third-order valence-corrected chi connectivity index (χ3v) is 4.97. The first-order chi connectivity index (χ1) is 11.2. The van der Waals surface area contributed by atoms with Crippen molar-refractivity contribution in [3.05, 3.63) is 86.9 Å². The predicted molar refractivity (Wildman–Crippen MR) is 97.6 cm³/mol. The zero-order valence-corrected chi connectivity index (χ0v) is 14.9. The van der Waals surface area contributed by atoms with Crippen LogP contribution in [0.5, 0.6) is 0 Å². The Balaban J connectivity index is 1.77. The normalized spacial score (nSPS) is 10.9. The third-order valence-electron chi connectivity index (χ3n) is 3.76. The van der Waals surface area contributed by atoms with Gasteiger partial charge in [0.1, 0.15) is 5.82 Å². The van der Waals surface area contributed by atoms with Crippen LogP contribution in [0.25, 0.3) is 0 Å². The van der Waals surface area contributed by atoms with Gasteiger partial charge in [0.05, 0.1) is 5.02 Å². The van der Waals surface area contributed by atoms with Crippen molar-refractivity contribution in [3.8, 4) is 0 Å². The van der Waals surface area contributed by atoms with E-state index in [4.69, 9.17) is 17.3 Å². The van der Waals surface area contributed by atoms with Crippen molar-refractivity contribution in [2.45, 2.75) is 19.5 Å². The van der Waals surface area contributed by atoms with E-state index in [1.165, 1.54) is 11.1 Å². The van der Waals surface area contributed by atoms with Gasteiger partial charge in [-0.15, -0.1) is 0 Å². The third kappa shape index (κ3) is 4.02. The summed E-state index contributed by atoms with van der Waals surface area (Å²) in [5.74, 6) is 1.03. The fraction of sp³-hybridized carbons (Fsp3) is 0.167. The molecule has 2 aromatic carbocycles. The maximum atomic E-state index is 6.05. The highest BCUT2D eigenvalue weighted by atomic mass is 79.9. The van der Waals surface area contributed by atoms with Crippen LogP contribution in [0.1, 0.15) is 22.5 Å². The summed E-state index contributed by atoms with van der Waals surface area (Å²) >= 11 is 9.52. The van der Waals surface area contributed by atoms with E-state index in [1.54, 1.807) is 0 Å². The maximum Gasteiger partial charge on any atom is 0.113 e. The minimum atomic E-state index is 0.571. The van der Waals surface area contributed by atoms with Crippen LogP contribution in [0.3, 0.4) is 0 Å². The summed E-state index contributed by atoms with van der Waals surface area (Å²) < 4.78 is 3.08. The van der Waals surface area contributed by atoms with Crippen LogP contribution < -0.4 is 5.73 Å². The number of rotatable bonds is 5. The predicted octanol–water partition coefficient (Wildman–Crippen LogP) is 4.40. The largest absolute Gasteiger partial charge is 0.330 e. The lowest BCUT2D eigenvalue weighted by atomic mass is 10.1. The molecule has 0 unspecified atom stereocenters. The van der Waals surface area contributed by atoms with Crippen molar-refractivity contribution in [3.63, 3.8) is 0 Å². The van der Waals surface area contributed by atoms with E-state index in [-0.39, 0.29) is 0 Å². The molecule has 0 aliphatic heterocycles. The van der Waals surface area contributed by atoms with Crippen molar-refractivity contribution >= 4 is 27.5 Å². The second-order valence-electron chi connectivity index (χ2n) is 5.42. The smallest absolute Gasteiger partial charge is 0.113 e. The van der Waals surface area contributed by atoms with Crippen LogP contribution in [0.15, 0.2) is 59.3 Å². The maximum absolute atomic E-state index is 6.05. The Hall–Kier alpha value is -1.62. The summed E-state index contributed by atoms with van der Waals surface area (Å²) in [4.78, 5) is 4.49. The van der Waals surface area contributed by atoms with Gasteiger partial charge < -0.3 is 10.3 Å². The van der Waals surface area contributed by atoms with Crippen LogP contribution in [0, 0.1) is 0 Å². The SMILES string of the molecule is NCc1ccc(Cn2ccnc2Cc2ccc(Cl)c(Br)c2)cc1. The molecule has 3 nitrogen and oxygen atoms in total. The zero-order chi connectivity index (χ0) is 16.2. The molecule has 0 saturated carbocycles. The van der Waals surface area contributed by atoms with E-state index in [9.17, 15) is 0 Å². The van der Waals surface area contributed by atoms with Gasteiger partial charge >= 0.3 is 0 Å². The van der Waals surface area contributed by atoms with Crippen molar-refractivity contribution < 1.29 is 0 Å². The lowest BCUT2D eigenvalue weighted by molar-refractivity contribution is 0.740. The number of hydrogen-bond donors (Lipinski definition) is 1. The fourth-order valence-corrected chi connectivity index (χ4v) is 3.00. The molecule has 0 radical (unpaired) electrons. The number of aromatic nitrogens is 2. The number of nitrogens with zero attached hydrogens (tertiary/aromatic N) is 2. The molecular formula is C18H17BrClN3. The van der Waals surface area contributed by atoms with Gasteiger partial charge in [-0.1, -0.05) is 41.9 Å². The van der Waals surface area contributed by atoms with Crippen molar-refractivity contribution in [1.82, 2.24) is 9.55 Å². The van der Waals surface area contributed by atoms with Crippen molar-refractivity contribution in [2.24, 2.45) is 5.73 Å². The quantitative estimate of drug-likeness (QED) is 0.702. The van der Waals surface area contributed by atoms with Gasteiger partial charge in [0, 0.05) is 36.4 Å². The summed E-state index contributed by atoms with van der Waals surface area (Å²) in [5, 5.41) is 0.720. The molecule has 0 bridgehead atoms. The molecule has 0 saturated heterocycles. The molecule has 0 amide bonds. The first kappa shape index (κ1) is 16.2. The number of imidazole rings is 1. The Bertz CT molecular complexity index is 796. The Morgan fingerprint density at radius 3 is 2.43 bits per heavy atom. The molecule has 2 N–H and O–H groups in total. The van der Waals surface area contributed by atoms with Crippen molar-refractivity contribution in [1.29, 1.82) is 0 Å². The van der Waals surface area contributed by atoms with E-state index in [2.05, 4.69) is 49.7 Å². The summed E-state index contributed by atoms with van der Waals surface area (Å²) in [5.41, 5.74) is 9.19. The molecule has 5 heteroatoms. The lowest BCUT2D eigenvalue weighted by Crippen LogP contribution is -2.05. The Labute approximate surface area is 149 Å². The molecule has 3 aromatic rings. The minimum Gasteiger partial charge on any atom is -0.330 e. The van der Waals surface area contributed by atoms with Crippen LogP contribution in [-0.2, 0) is 19.5 Å². The highest BCUT2D eigenvalue weighted by Crippen LogP contribution is 2.24. The van der Waals surface area contributed by atoms with Crippen LogP contribution in [0.2, 0.25) is 5.02 Å². The van der Waals surface area contributed by atoms with Gasteiger partial charge in [0.2, 0.25) is 0 Å². The molecule has 118 valence electrons. The molecular weight excluding hydrogens is 374 g/mol. The average molecular weight is 391 g/mol. The standard InChI is InChI=1S/C18H17BrClN3/c19-16-9-15(5-6-17(16)20)10-18-22-7-8-23(18)12-14-3-1-13(11-21)2-4-14/h1-9H,10-12,21H2. The van der Waals surface area contributed by atoms with Crippen LogP contribution in [-0.4, -0.2) is 9.55 Å². The van der Waals surface area contributed by atoms with E-state index in [0.717, 1.165) is 33.8 Å².